The molecule has 10 heteroatoms. The molecule has 3 N–H and O–H groups in total. The normalized spacial score (nSPS) is 26.9. The Hall–Kier alpha value is -2.10. The number of hydrogen-bond acceptors (Lipinski definition) is 6. The fourth-order valence-corrected chi connectivity index (χ4v) is 4.18. The molecule has 0 radical (unpaired) electrons. The van der Waals surface area contributed by atoms with Crippen molar-refractivity contribution in [3.63, 3.8) is 0 Å². The average molecular weight is 398 g/mol. The van der Waals surface area contributed by atoms with Crippen LogP contribution in [0.3, 0.4) is 0 Å². The largest absolute Gasteiger partial charge is 0.421 e. The summed E-state index contributed by atoms with van der Waals surface area (Å²) in [6.45, 7) is 2.83. The SMILES string of the molecule is O=C1CCNCCN1CCCNc1nc(NC23CC(C2)C3)ncc1C(F)(F)F. The maximum atomic E-state index is 13.3. The molecule has 4 aliphatic rings. The van der Waals surface area contributed by atoms with Crippen LogP contribution in [0.15, 0.2) is 6.20 Å². The Labute approximate surface area is 161 Å². The second-order valence-electron chi connectivity index (χ2n) is 8.00. The van der Waals surface area contributed by atoms with E-state index in [4.69, 9.17) is 0 Å². The van der Waals surface area contributed by atoms with Gasteiger partial charge in [0.2, 0.25) is 11.9 Å². The predicted octanol–water partition coefficient (Wildman–Crippen LogP) is 2.08. The molecule has 4 fully saturated rings. The molecule has 0 spiro atoms. The second-order valence-corrected chi connectivity index (χ2v) is 8.00. The van der Waals surface area contributed by atoms with E-state index in [0.29, 0.717) is 39.0 Å². The van der Waals surface area contributed by atoms with Gasteiger partial charge < -0.3 is 20.9 Å². The Bertz CT molecular complexity index is 724. The van der Waals surface area contributed by atoms with E-state index in [1.807, 2.05) is 0 Å². The van der Waals surface area contributed by atoms with E-state index in [1.165, 1.54) is 0 Å². The monoisotopic (exact) mass is 398 g/mol. The van der Waals surface area contributed by atoms with Gasteiger partial charge in [0.1, 0.15) is 11.4 Å². The zero-order valence-electron chi connectivity index (χ0n) is 15.6. The van der Waals surface area contributed by atoms with E-state index in [-0.39, 0.29) is 23.2 Å². The molecule has 154 valence electrons. The van der Waals surface area contributed by atoms with Crippen molar-refractivity contribution in [3.8, 4) is 0 Å². The lowest BCUT2D eigenvalue weighted by atomic mass is 9.50. The Morgan fingerprint density at radius 2 is 2.07 bits per heavy atom. The highest BCUT2D eigenvalue weighted by Crippen LogP contribution is 2.58. The molecule has 28 heavy (non-hydrogen) atoms. The summed E-state index contributed by atoms with van der Waals surface area (Å²) in [6, 6.07) is 0. The van der Waals surface area contributed by atoms with E-state index in [9.17, 15) is 18.0 Å². The van der Waals surface area contributed by atoms with E-state index >= 15 is 0 Å². The maximum absolute atomic E-state index is 13.3. The van der Waals surface area contributed by atoms with E-state index < -0.39 is 11.7 Å². The number of anilines is 2. The first-order valence-electron chi connectivity index (χ1n) is 9.79. The van der Waals surface area contributed by atoms with Crippen LogP contribution in [-0.4, -0.2) is 59.0 Å². The van der Waals surface area contributed by atoms with Gasteiger partial charge in [-0.1, -0.05) is 0 Å². The number of rotatable bonds is 7. The number of nitrogens with one attached hydrogen (secondary N) is 3. The quantitative estimate of drug-likeness (QED) is 0.610. The third-order valence-corrected chi connectivity index (χ3v) is 5.83. The van der Waals surface area contributed by atoms with Gasteiger partial charge in [0.15, 0.2) is 0 Å². The molecule has 2 bridgehead atoms. The Balaban J connectivity index is 1.36. The van der Waals surface area contributed by atoms with Crippen LogP contribution in [0.1, 0.15) is 37.7 Å². The summed E-state index contributed by atoms with van der Waals surface area (Å²) in [5.41, 5.74) is -0.881. The van der Waals surface area contributed by atoms with Crippen LogP contribution in [0, 0.1) is 5.92 Å². The highest BCUT2D eigenvalue weighted by atomic mass is 19.4. The summed E-state index contributed by atoms with van der Waals surface area (Å²) in [7, 11) is 0. The van der Waals surface area contributed by atoms with Crippen molar-refractivity contribution in [3.05, 3.63) is 11.8 Å². The molecule has 0 aromatic carbocycles. The molecule has 0 atom stereocenters. The molecule has 1 saturated heterocycles. The molecule has 2 heterocycles. The van der Waals surface area contributed by atoms with Crippen molar-refractivity contribution < 1.29 is 18.0 Å². The Kier molecular flexibility index (Phi) is 5.07. The minimum Gasteiger partial charge on any atom is -0.369 e. The van der Waals surface area contributed by atoms with Gasteiger partial charge in [-0.15, -0.1) is 0 Å². The lowest BCUT2D eigenvalue weighted by Gasteiger charge is -2.61. The van der Waals surface area contributed by atoms with Gasteiger partial charge in [-0.3, -0.25) is 4.79 Å². The number of amides is 1. The molecule has 3 aliphatic carbocycles. The fourth-order valence-electron chi connectivity index (χ4n) is 4.18. The minimum absolute atomic E-state index is 0.0111. The molecular formula is C18H25F3N6O. The van der Waals surface area contributed by atoms with E-state index in [0.717, 1.165) is 37.9 Å². The maximum Gasteiger partial charge on any atom is 0.421 e. The summed E-state index contributed by atoms with van der Waals surface area (Å²) in [4.78, 5) is 21.7. The predicted molar refractivity (Wildman–Crippen MR) is 97.9 cm³/mol. The van der Waals surface area contributed by atoms with Crippen molar-refractivity contribution >= 4 is 17.7 Å². The number of aromatic nitrogens is 2. The van der Waals surface area contributed by atoms with Crippen LogP contribution in [0.2, 0.25) is 0 Å². The lowest BCUT2D eigenvalue weighted by molar-refractivity contribution is -0.137. The van der Waals surface area contributed by atoms with Gasteiger partial charge in [-0.2, -0.15) is 18.2 Å². The fraction of sp³-hybridized carbons (Fsp3) is 0.722. The summed E-state index contributed by atoms with van der Waals surface area (Å²) < 4.78 is 39.9. The standard InChI is InChI=1S/C18H25F3N6O/c19-18(20,21)13-11-24-16(26-17-8-12(9-17)10-17)25-15(13)23-3-1-6-27-7-5-22-4-2-14(27)28/h11-12,22H,1-10H2,(H2,23,24,25,26). The van der Waals surface area contributed by atoms with Crippen molar-refractivity contribution in [2.75, 3.05) is 43.4 Å². The van der Waals surface area contributed by atoms with Crippen molar-refractivity contribution in [2.45, 2.75) is 43.8 Å². The number of halogens is 3. The van der Waals surface area contributed by atoms with Crippen LogP contribution in [0.5, 0.6) is 0 Å². The topological polar surface area (TPSA) is 82.2 Å². The van der Waals surface area contributed by atoms with Gasteiger partial charge >= 0.3 is 6.18 Å². The minimum atomic E-state index is -4.52. The third kappa shape index (κ3) is 4.01. The molecular weight excluding hydrogens is 373 g/mol. The van der Waals surface area contributed by atoms with Crippen molar-refractivity contribution in [2.24, 2.45) is 5.92 Å². The number of carbonyl (C=O) groups excluding carboxylic acids is 1. The summed E-state index contributed by atoms with van der Waals surface area (Å²) >= 11 is 0. The van der Waals surface area contributed by atoms with Gasteiger partial charge in [-0.05, 0) is 31.6 Å². The molecule has 3 saturated carbocycles. The zero-order valence-corrected chi connectivity index (χ0v) is 15.6. The number of hydrogen-bond donors (Lipinski definition) is 3. The van der Waals surface area contributed by atoms with Crippen LogP contribution in [0.25, 0.3) is 0 Å². The Morgan fingerprint density at radius 1 is 1.29 bits per heavy atom. The van der Waals surface area contributed by atoms with Crippen LogP contribution >= 0.6 is 0 Å². The summed E-state index contributed by atoms with van der Waals surface area (Å²) in [5, 5.41) is 9.16. The van der Waals surface area contributed by atoms with Gasteiger partial charge in [0.05, 0.1) is 0 Å². The van der Waals surface area contributed by atoms with Crippen molar-refractivity contribution in [1.29, 1.82) is 0 Å². The molecule has 7 nitrogen and oxygen atoms in total. The van der Waals surface area contributed by atoms with E-state index in [2.05, 4.69) is 25.9 Å². The van der Waals surface area contributed by atoms with Crippen LogP contribution < -0.4 is 16.0 Å². The summed E-state index contributed by atoms with van der Waals surface area (Å²) in [6.07, 6.45) is 0.434. The van der Waals surface area contributed by atoms with Gasteiger partial charge in [-0.25, -0.2) is 4.98 Å². The van der Waals surface area contributed by atoms with E-state index in [1.54, 1.807) is 4.90 Å². The van der Waals surface area contributed by atoms with Crippen LogP contribution in [0.4, 0.5) is 24.9 Å². The average Bonchev–Trinajstić information content (AvgIpc) is 2.77. The summed E-state index contributed by atoms with van der Waals surface area (Å²) in [5.74, 6) is 0.854. The molecule has 1 aromatic rings. The van der Waals surface area contributed by atoms with Gasteiger partial charge in [0, 0.05) is 50.9 Å². The number of carbonyl (C=O) groups is 1. The van der Waals surface area contributed by atoms with Crippen molar-refractivity contribution in [1.82, 2.24) is 20.2 Å². The first-order chi connectivity index (χ1) is 13.3. The third-order valence-electron chi connectivity index (χ3n) is 5.83. The first-order valence-corrected chi connectivity index (χ1v) is 9.79. The Morgan fingerprint density at radius 3 is 2.75 bits per heavy atom. The number of alkyl halides is 3. The molecule has 1 aromatic heterocycles. The molecule has 1 aliphatic heterocycles. The number of nitrogens with zero attached hydrogens (tertiary/aromatic N) is 3. The molecule has 5 rings (SSSR count). The van der Waals surface area contributed by atoms with Crippen LogP contribution in [-0.2, 0) is 11.0 Å². The first kappa shape index (κ1) is 19.2. The highest BCUT2D eigenvalue weighted by molar-refractivity contribution is 5.76. The molecule has 1 amide bonds. The smallest absolute Gasteiger partial charge is 0.369 e. The van der Waals surface area contributed by atoms with Gasteiger partial charge in [0.25, 0.3) is 0 Å². The second kappa shape index (κ2) is 7.38. The molecule has 0 unspecified atom stereocenters. The highest BCUT2D eigenvalue weighted by Gasteiger charge is 2.57. The zero-order chi connectivity index (χ0) is 19.8. The lowest BCUT2D eigenvalue weighted by Crippen LogP contribution is -2.63.